The molecule has 1 aromatic rings. The van der Waals surface area contributed by atoms with Crippen molar-refractivity contribution < 1.29 is 4.79 Å². The Hall–Kier alpha value is -0.840. The molecule has 3 N–H and O–H groups in total. The molecule has 2 atom stereocenters. The molecule has 19 heavy (non-hydrogen) atoms. The van der Waals surface area contributed by atoms with Crippen LogP contribution in [-0.4, -0.2) is 23.5 Å². The van der Waals surface area contributed by atoms with Gasteiger partial charge in [0.25, 0.3) is 5.91 Å². The van der Waals surface area contributed by atoms with Crippen LogP contribution in [0.15, 0.2) is 24.5 Å². The third-order valence-electron chi connectivity index (χ3n) is 3.30. The zero-order chi connectivity index (χ0) is 12.1. The molecule has 0 saturated heterocycles. The van der Waals surface area contributed by atoms with E-state index in [1.54, 1.807) is 24.5 Å². The molecule has 4 nitrogen and oxygen atoms in total. The first-order chi connectivity index (χ1) is 8.25. The Bertz CT molecular complexity index is 375. The zero-order valence-corrected chi connectivity index (χ0v) is 12.4. The van der Waals surface area contributed by atoms with Crippen LogP contribution in [0.5, 0.6) is 0 Å². The van der Waals surface area contributed by atoms with Crippen molar-refractivity contribution in [1.82, 2.24) is 10.3 Å². The normalized spacial score (nSPS) is 21.7. The molecule has 2 unspecified atom stereocenters. The Morgan fingerprint density at radius 1 is 1.42 bits per heavy atom. The smallest absolute Gasteiger partial charge is 0.252 e. The number of hydrogen-bond donors (Lipinski definition) is 2. The van der Waals surface area contributed by atoms with Gasteiger partial charge in [-0.1, -0.05) is 6.42 Å². The molecule has 1 fully saturated rings. The van der Waals surface area contributed by atoms with Crippen LogP contribution in [0.3, 0.4) is 0 Å². The summed E-state index contributed by atoms with van der Waals surface area (Å²) in [4.78, 5) is 15.7. The summed E-state index contributed by atoms with van der Waals surface area (Å²) >= 11 is 0. The lowest BCUT2D eigenvalue weighted by Gasteiger charge is -2.26. The summed E-state index contributed by atoms with van der Waals surface area (Å²) < 4.78 is 0. The monoisotopic (exact) mass is 305 g/mol. The first-order valence-corrected chi connectivity index (χ1v) is 6.19. The van der Waals surface area contributed by atoms with Gasteiger partial charge in [0.1, 0.15) is 0 Å². The summed E-state index contributed by atoms with van der Waals surface area (Å²) in [5.74, 6) is 0.483. The van der Waals surface area contributed by atoms with Gasteiger partial charge in [-0.2, -0.15) is 0 Å². The summed E-state index contributed by atoms with van der Waals surface area (Å²) in [6.45, 7) is 0.724. The topological polar surface area (TPSA) is 68.0 Å². The van der Waals surface area contributed by atoms with Gasteiger partial charge in [0.15, 0.2) is 0 Å². The predicted octanol–water partition coefficient (Wildman–Crippen LogP) is 2.17. The molecule has 0 spiro atoms. The van der Waals surface area contributed by atoms with Gasteiger partial charge >= 0.3 is 0 Å². The fourth-order valence-electron chi connectivity index (χ4n) is 2.35. The number of pyridine rings is 1. The van der Waals surface area contributed by atoms with Crippen molar-refractivity contribution in [3.8, 4) is 0 Å². The van der Waals surface area contributed by atoms with Crippen LogP contribution in [-0.2, 0) is 0 Å². The van der Waals surface area contributed by atoms with Gasteiger partial charge < -0.3 is 11.1 Å². The van der Waals surface area contributed by atoms with E-state index in [9.17, 15) is 4.79 Å². The molecule has 1 heterocycles. The zero-order valence-electron chi connectivity index (χ0n) is 10.7. The van der Waals surface area contributed by atoms with E-state index >= 15 is 0 Å². The number of nitrogens with two attached hydrogens (primary N) is 1. The third kappa shape index (κ3) is 5.76. The fourth-order valence-corrected chi connectivity index (χ4v) is 2.35. The highest BCUT2D eigenvalue weighted by molar-refractivity contribution is 5.93. The summed E-state index contributed by atoms with van der Waals surface area (Å²) in [5, 5.41) is 2.95. The van der Waals surface area contributed by atoms with Crippen molar-refractivity contribution in [2.45, 2.75) is 31.7 Å². The van der Waals surface area contributed by atoms with E-state index in [-0.39, 0.29) is 30.7 Å². The molecule has 0 bridgehead atoms. The predicted molar refractivity (Wildman–Crippen MR) is 81.0 cm³/mol. The Kier molecular flexibility index (Phi) is 8.72. The van der Waals surface area contributed by atoms with Crippen molar-refractivity contribution in [3.05, 3.63) is 30.1 Å². The number of rotatable bonds is 3. The molecule has 0 radical (unpaired) electrons. The highest BCUT2D eigenvalue weighted by Gasteiger charge is 2.19. The highest BCUT2D eigenvalue weighted by atomic mass is 35.5. The van der Waals surface area contributed by atoms with Crippen molar-refractivity contribution >= 4 is 30.7 Å². The maximum atomic E-state index is 11.8. The van der Waals surface area contributed by atoms with E-state index in [1.807, 2.05) is 0 Å². The van der Waals surface area contributed by atoms with E-state index in [2.05, 4.69) is 10.3 Å². The molecule has 108 valence electrons. The summed E-state index contributed by atoms with van der Waals surface area (Å²) in [7, 11) is 0. The SMILES string of the molecule is Cl.Cl.NC1CCCC(CNC(=O)c2cccnc2)C1. The van der Waals surface area contributed by atoms with Crippen LogP contribution in [0.4, 0.5) is 0 Å². The minimum absolute atomic E-state index is 0. The number of carbonyl (C=O) groups is 1. The summed E-state index contributed by atoms with van der Waals surface area (Å²) in [5.41, 5.74) is 6.54. The lowest BCUT2D eigenvalue weighted by atomic mass is 9.86. The van der Waals surface area contributed by atoms with Gasteiger partial charge in [-0.25, -0.2) is 0 Å². The van der Waals surface area contributed by atoms with Crippen LogP contribution in [0.1, 0.15) is 36.0 Å². The standard InChI is InChI=1S/C13H19N3O.2ClH/c14-12-5-1-3-10(7-12)8-16-13(17)11-4-2-6-15-9-11;;/h2,4,6,9-10,12H,1,3,5,7-8,14H2,(H,16,17);2*1H. The van der Waals surface area contributed by atoms with E-state index < -0.39 is 0 Å². The van der Waals surface area contributed by atoms with Crippen molar-refractivity contribution in [1.29, 1.82) is 0 Å². The van der Waals surface area contributed by atoms with Gasteiger partial charge in [0.2, 0.25) is 0 Å². The Morgan fingerprint density at radius 3 is 2.84 bits per heavy atom. The van der Waals surface area contributed by atoms with E-state index in [0.29, 0.717) is 17.5 Å². The van der Waals surface area contributed by atoms with Crippen molar-refractivity contribution in [2.75, 3.05) is 6.54 Å². The van der Waals surface area contributed by atoms with E-state index in [4.69, 9.17) is 5.73 Å². The Morgan fingerprint density at radius 2 is 2.21 bits per heavy atom. The fraction of sp³-hybridized carbons (Fsp3) is 0.538. The van der Waals surface area contributed by atoms with Crippen molar-refractivity contribution in [3.63, 3.8) is 0 Å². The Labute approximate surface area is 126 Å². The number of nitrogens with zero attached hydrogens (tertiary/aromatic N) is 1. The summed E-state index contributed by atoms with van der Waals surface area (Å²) in [6.07, 6.45) is 7.73. The molecule has 1 aliphatic rings. The van der Waals surface area contributed by atoms with Crippen LogP contribution >= 0.6 is 24.8 Å². The maximum Gasteiger partial charge on any atom is 0.252 e. The summed E-state index contributed by atoms with van der Waals surface area (Å²) in [6, 6.07) is 3.85. The molecule has 2 rings (SSSR count). The molecule has 1 aliphatic carbocycles. The molecule has 1 aromatic heterocycles. The molecule has 1 saturated carbocycles. The Balaban J connectivity index is 0.00000162. The second kappa shape index (κ2) is 9.13. The first kappa shape index (κ1) is 18.2. The lowest BCUT2D eigenvalue weighted by Crippen LogP contribution is -2.35. The van der Waals surface area contributed by atoms with E-state index in [1.165, 1.54) is 12.8 Å². The number of amides is 1. The van der Waals surface area contributed by atoms with Crippen LogP contribution < -0.4 is 11.1 Å². The lowest BCUT2D eigenvalue weighted by molar-refractivity contribution is 0.0942. The van der Waals surface area contributed by atoms with Gasteiger partial charge in [-0.05, 0) is 37.3 Å². The highest BCUT2D eigenvalue weighted by Crippen LogP contribution is 2.22. The largest absolute Gasteiger partial charge is 0.352 e. The second-order valence-corrected chi connectivity index (χ2v) is 4.74. The quantitative estimate of drug-likeness (QED) is 0.899. The van der Waals surface area contributed by atoms with Crippen LogP contribution in [0, 0.1) is 5.92 Å². The molecule has 1 amide bonds. The van der Waals surface area contributed by atoms with Gasteiger partial charge in [-0.3, -0.25) is 9.78 Å². The second-order valence-electron chi connectivity index (χ2n) is 4.74. The average molecular weight is 306 g/mol. The number of nitrogens with one attached hydrogen (secondary N) is 1. The number of aromatic nitrogens is 1. The molecule has 0 aliphatic heterocycles. The molecule has 0 aromatic carbocycles. The van der Waals surface area contributed by atoms with Gasteiger partial charge in [-0.15, -0.1) is 24.8 Å². The molecular formula is C13H21Cl2N3O. The maximum absolute atomic E-state index is 11.8. The number of halogens is 2. The number of carbonyl (C=O) groups excluding carboxylic acids is 1. The van der Waals surface area contributed by atoms with Gasteiger partial charge in [0.05, 0.1) is 5.56 Å². The number of hydrogen-bond acceptors (Lipinski definition) is 3. The molecule has 6 heteroatoms. The minimum Gasteiger partial charge on any atom is -0.352 e. The van der Waals surface area contributed by atoms with E-state index in [0.717, 1.165) is 19.4 Å². The minimum atomic E-state index is -0.0442. The third-order valence-corrected chi connectivity index (χ3v) is 3.30. The first-order valence-electron chi connectivity index (χ1n) is 6.19. The van der Waals surface area contributed by atoms with Gasteiger partial charge in [0, 0.05) is 25.0 Å². The van der Waals surface area contributed by atoms with Crippen molar-refractivity contribution in [2.24, 2.45) is 11.7 Å². The van der Waals surface area contributed by atoms with Crippen LogP contribution in [0.25, 0.3) is 0 Å². The molecular weight excluding hydrogens is 285 g/mol. The average Bonchev–Trinajstić information content (AvgIpc) is 2.37. The van der Waals surface area contributed by atoms with Crippen LogP contribution in [0.2, 0.25) is 0 Å².